The maximum absolute atomic E-state index is 13.3. The predicted octanol–water partition coefficient (Wildman–Crippen LogP) is 5.30. The molecule has 0 aliphatic carbocycles. The third kappa shape index (κ3) is 4.82. The lowest BCUT2D eigenvalue weighted by atomic mass is 10.0. The van der Waals surface area contributed by atoms with Gasteiger partial charge in [-0.1, -0.05) is 68.6 Å². The number of imidazole rings is 1. The molecule has 4 aromatic rings. The van der Waals surface area contributed by atoms with Crippen LogP contribution < -0.4 is 5.69 Å². The van der Waals surface area contributed by atoms with Crippen molar-refractivity contribution in [3.05, 3.63) is 69.5 Å². The van der Waals surface area contributed by atoms with Gasteiger partial charge in [0.25, 0.3) is 0 Å². The molecule has 0 saturated carbocycles. The van der Waals surface area contributed by atoms with Crippen LogP contribution in [0.5, 0.6) is 0 Å². The summed E-state index contributed by atoms with van der Waals surface area (Å²) in [5.41, 5.74) is 4.53. The second-order valence-electron chi connectivity index (χ2n) is 8.54. The van der Waals surface area contributed by atoms with Gasteiger partial charge in [0.15, 0.2) is 5.82 Å². The molecule has 9 heteroatoms. The Morgan fingerprint density at radius 1 is 1.12 bits per heavy atom. The predicted molar refractivity (Wildman–Crippen MR) is 134 cm³/mol. The quantitative estimate of drug-likeness (QED) is 0.311. The molecular weight excluding hydrogens is 450 g/mol. The molecule has 0 saturated heterocycles. The number of rotatable bonds is 10. The zero-order valence-corrected chi connectivity index (χ0v) is 20.6. The van der Waals surface area contributed by atoms with E-state index in [1.54, 1.807) is 10.8 Å². The van der Waals surface area contributed by atoms with Gasteiger partial charge in [-0.05, 0) is 53.8 Å². The molecule has 1 aromatic carbocycles. The number of benzene rings is 1. The summed E-state index contributed by atoms with van der Waals surface area (Å²) >= 11 is 6.74. The Balaban J connectivity index is 1.65. The van der Waals surface area contributed by atoms with Crippen molar-refractivity contribution in [3.63, 3.8) is 0 Å². The Bertz CT molecular complexity index is 1280. The second-order valence-corrected chi connectivity index (χ2v) is 8.89. The SMILES string of the molecule is CCCCCc1c(Cl)n(C(C)CC)c(=O)n1Cc1ccc(-c2cccnc2-c2nnn[nH]2)cc1. The van der Waals surface area contributed by atoms with Crippen LogP contribution in [-0.2, 0) is 13.0 Å². The van der Waals surface area contributed by atoms with Gasteiger partial charge in [-0.25, -0.2) is 9.89 Å². The van der Waals surface area contributed by atoms with Crippen LogP contribution >= 0.6 is 11.6 Å². The molecule has 0 amide bonds. The Hall–Kier alpha value is -3.26. The van der Waals surface area contributed by atoms with E-state index in [9.17, 15) is 4.79 Å². The molecule has 3 aromatic heterocycles. The molecule has 8 nitrogen and oxygen atoms in total. The van der Waals surface area contributed by atoms with Crippen molar-refractivity contribution in [2.75, 3.05) is 0 Å². The van der Waals surface area contributed by atoms with E-state index in [0.29, 0.717) is 23.2 Å². The molecule has 4 rings (SSSR count). The first kappa shape index (κ1) is 23.9. The summed E-state index contributed by atoms with van der Waals surface area (Å²) in [6.45, 7) is 6.77. The van der Waals surface area contributed by atoms with Crippen LogP contribution in [0.2, 0.25) is 5.15 Å². The molecule has 0 aliphatic rings. The fourth-order valence-electron chi connectivity index (χ4n) is 4.15. The molecular formula is C25H30ClN7O. The van der Waals surface area contributed by atoms with Gasteiger partial charge in [-0.15, -0.1) is 5.10 Å². The van der Waals surface area contributed by atoms with E-state index in [2.05, 4.69) is 39.5 Å². The Labute approximate surface area is 204 Å². The molecule has 0 bridgehead atoms. The molecule has 178 valence electrons. The third-order valence-corrected chi connectivity index (χ3v) is 6.64. The number of tetrazole rings is 1. The van der Waals surface area contributed by atoms with Gasteiger partial charge >= 0.3 is 5.69 Å². The van der Waals surface area contributed by atoms with E-state index < -0.39 is 0 Å². The van der Waals surface area contributed by atoms with Crippen LogP contribution in [0.1, 0.15) is 63.8 Å². The minimum atomic E-state index is -0.0395. The largest absolute Gasteiger partial charge is 0.330 e. The van der Waals surface area contributed by atoms with E-state index >= 15 is 0 Å². The first-order valence-electron chi connectivity index (χ1n) is 11.8. The van der Waals surface area contributed by atoms with E-state index in [1.807, 2.05) is 47.9 Å². The molecule has 0 aliphatic heterocycles. The highest BCUT2D eigenvalue weighted by Crippen LogP contribution is 2.28. The van der Waals surface area contributed by atoms with Gasteiger partial charge in [-0.3, -0.25) is 14.1 Å². The number of nitrogens with zero attached hydrogens (tertiary/aromatic N) is 6. The number of aromatic nitrogens is 7. The highest BCUT2D eigenvalue weighted by Gasteiger charge is 2.21. The monoisotopic (exact) mass is 479 g/mol. The van der Waals surface area contributed by atoms with Crippen molar-refractivity contribution >= 4 is 11.6 Å². The number of aromatic amines is 1. The lowest BCUT2D eigenvalue weighted by molar-refractivity contribution is 0.505. The van der Waals surface area contributed by atoms with E-state index in [1.165, 1.54) is 0 Å². The van der Waals surface area contributed by atoms with Gasteiger partial charge in [0.05, 0.1) is 12.2 Å². The summed E-state index contributed by atoms with van der Waals surface area (Å²) < 4.78 is 3.58. The van der Waals surface area contributed by atoms with Crippen molar-refractivity contribution in [1.82, 2.24) is 34.7 Å². The zero-order valence-electron chi connectivity index (χ0n) is 19.8. The standard InChI is InChI=1S/C25H30ClN7O/c1-4-6-7-10-21-23(26)33(17(3)5-2)25(34)32(21)16-18-11-13-19(14-12-18)20-9-8-15-27-22(20)24-28-30-31-29-24/h8-9,11-15,17H,4-7,10,16H2,1-3H3,(H,28,29,30,31). The molecule has 1 atom stereocenters. The Morgan fingerprint density at radius 3 is 2.59 bits per heavy atom. The van der Waals surface area contributed by atoms with Gasteiger partial charge in [0, 0.05) is 17.8 Å². The lowest BCUT2D eigenvalue weighted by Gasteiger charge is -2.10. The van der Waals surface area contributed by atoms with Crippen LogP contribution in [0.15, 0.2) is 47.4 Å². The van der Waals surface area contributed by atoms with E-state index in [4.69, 9.17) is 11.6 Å². The maximum Gasteiger partial charge on any atom is 0.330 e. The highest BCUT2D eigenvalue weighted by atomic mass is 35.5. The molecule has 1 unspecified atom stereocenters. The average molecular weight is 480 g/mol. The van der Waals surface area contributed by atoms with Gasteiger partial charge in [-0.2, -0.15) is 0 Å². The number of hydrogen-bond donors (Lipinski definition) is 1. The summed E-state index contributed by atoms with van der Waals surface area (Å²) in [6, 6.07) is 12.1. The van der Waals surface area contributed by atoms with Crippen molar-refractivity contribution in [1.29, 1.82) is 0 Å². The second kappa shape index (κ2) is 10.8. The number of halogens is 1. The van der Waals surface area contributed by atoms with Crippen LogP contribution in [0.4, 0.5) is 0 Å². The minimum Gasteiger partial charge on any atom is -0.290 e. The van der Waals surface area contributed by atoms with Crippen LogP contribution in [-0.4, -0.2) is 34.7 Å². The molecule has 0 fully saturated rings. The first-order chi connectivity index (χ1) is 16.5. The number of unbranched alkanes of at least 4 members (excludes halogenated alkanes) is 2. The lowest BCUT2D eigenvalue weighted by Crippen LogP contribution is -2.27. The van der Waals surface area contributed by atoms with Crippen LogP contribution in [0, 0.1) is 0 Å². The van der Waals surface area contributed by atoms with Gasteiger partial charge in [0.1, 0.15) is 10.8 Å². The van der Waals surface area contributed by atoms with E-state index in [0.717, 1.165) is 54.5 Å². The van der Waals surface area contributed by atoms with Crippen LogP contribution in [0.3, 0.4) is 0 Å². The third-order valence-electron chi connectivity index (χ3n) is 6.24. The Kier molecular flexibility index (Phi) is 7.57. The minimum absolute atomic E-state index is 0.0395. The number of nitrogens with one attached hydrogen (secondary N) is 1. The summed E-state index contributed by atoms with van der Waals surface area (Å²) in [7, 11) is 0. The topological polar surface area (TPSA) is 94.3 Å². The molecule has 0 spiro atoms. The zero-order chi connectivity index (χ0) is 24.1. The fraction of sp³-hybridized carbons (Fsp3) is 0.400. The average Bonchev–Trinajstić information content (AvgIpc) is 3.47. The number of hydrogen-bond acceptors (Lipinski definition) is 5. The summed E-state index contributed by atoms with van der Waals surface area (Å²) in [4.78, 5) is 17.8. The van der Waals surface area contributed by atoms with Crippen molar-refractivity contribution in [3.8, 4) is 22.6 Å². The Morgan fingerprint density at radius 2 is 1.91 bits per heavy atom. The molecule has 34 heavy (non-hydrogen) atoms. The molecule has 0 radical (unpaired) electrons. The van der Waals surface area contributed by atoms with Crippen LogP contribution in [0.25, 0.3) is 22.6 Å². The normalized spacial score (nSPS) is 12.2. The summed E-state index contributed by atoms with van der Waals surface area (Å²) in [6.07, 6.45) is 6.61. The van der Waals surface area contributed by atoms with Gasteiger partial charge < -0.3 is 0 Å². The van der Waals surface area contributed by atoms with Crippen molar-refractivity contribution < 1.29 is 0 Å². The number of pyridine rings is 1. The summed E-state index contributed by atoms with van der Waals surface area (Å²) in [5, 5.41) is 14.7. The van der Waals surface area contributed by atoms with Crippen molar-refractivity contribution in [2.45, 2.75) is 65.5 Å². The maximum atomic E-state index is 13.3. The number of H-pyrrole nitrogens is 1. The van der Waals surface area contributed by atoms with E-state index in [-0.39, 0.29) is 11.7 Å². The summed E-state index contributed by atoms with van der Waals surface area (Å²) in [5.74, 6) is 0.518. The molecule has 3 heterocycles. The highest BCUT2D eigenvalue weighted by molar-refractivity contribution is 6.30. The molecule has 1 N–H and O–H groups in total. The smallest absolute Gasteiger partial charge is 0.290 e. The van der Waals surface area contributed by atoms with Gasteiger partial charge in [0.2, 0.25) is 0 Å². The first-order valence-corrected chi connectivity index (χ1v) is 12.2. The fourth-order valence-corrected chi connectivity index (χ4v) is 4.58. The van der Waals surface area contributed by atoms with Crippen molar-refractivity contribution in [2.24, 2.45) is 0 Å².